The van der Waals surface area contributed by atoms with Crippen molar-refractivity contribution < 1.29 is 13.9 Å². The number of ether oxygens (including phenoxy) is 1. The third-order valence-corrected chi connectivity index (χ3v) is 5.68. The molecule has 0 saturated carbocycles. The number of piperazine rings is 1. The summed E-state index contributed by atoms with van der Waals surface area (Å²) in [6.45, 7) is 6.87. The Labute approximate surface area is 153 Å². The van der Waals surface area contributed by atoms with Gasteiger partial charge in [0.25, 0.3) is 0 Å². The molecule has 26 heavy (non-hydrogen) atoms. The van der Waals surface area contributed by atoms with Crippen LogP contribution in [0.25, 0.3) is 0 Å². The van der Waals surface area contributed by atoms with E-state index in [0.29, 0.717) is 12.6 Å². The van der Waals surface area contributed by atoms with Crippen LogP contribution in [0.2, 0.25) is 0 Å². The van der Waals surface area contributed by atoms with Gasteiger partial charge in [0.1, 0.15) is 5.82 Å². The van der Waals surface area contributed by atoms with Gasteiger partial charge in [-0.25, -0.2) is 9.18 Å². The molecule has 3 heterocycles. The molecule has 1 atom stereocenters. The van der Waals surface area contributed by atoms with E-state index in [0.717, 1.165) is 64.4 Å². The molecule has 1 unspecified atom stereocenters. The standard InChI is InChI=1S/C19H27FN4O2/c20-15-3-5-16(6-4-15)22-7-9-23(10-8-22)17-13-24(14-17)19(25)21-12-18-2-1-11-26-18/h3-6,17-18H,1-2,7-14H2,(H,21,25). The molecular weight excluding hydrogens is 335 g/mol. The van der Waals surface area contributed by atoms with Gasteiger partial charge in [0.15, 0.2) is 0 Å². The number of benzene rings is 1. The van der Waals surface area contributed by atoms with Crippen molar-refractivity contribution in [2.75, 3.05) is 57.3 Å². The lowest BCUT2D eigenvalue weighted by Gasteiger charge is -2.48. The second kappa shape index (κ2) is 7.80. The third-order valence-electron chi connectivity index (χ3n) is 5.68. The summed E-state index contributed by atoms with van der Waals surface area (Å²) in [7, 11) is 0. The molecule has 1 aromatic carbocycles. The SMILES string of the molecule is O=C(NCC1CCCO1)N1CC(N2CCN(c3ccc(F)cc3)CC2)C1. The summed E-state index contributed by atoms with van der Waals surface area (Å²) in [4.78, 5) is 18.8. The number of hydrogen-bond donors (Lipinski definition) is 1. The van der Waals surface area contributed by atoms with Gasteiger partial charge in [-0.15, -0.1) is 0 Å². The first kappa shape index (κ1) is 17.5. The van der Waals surface area contributed by atoms with Gasteiger partial charge in [-0.05, 0) is 37.1 Å². The quantitative estimate of drug-likeness (QED) is 0.882. The molecule has 3 fully saturated rings. The van der Waals surface area contributed by atoms with Gasteiger partial charge in [-0.3, -0.25) is 4.90 Å². The molecule has 6 nitrogen and oxygen atoms in total. The molecule has 0 aliphatic carbocycles. The number of carbonyl (C=O) groups excluding carboxylic acids is 1. The fourth-order valence-corrected chi connectivity index (χ4v) is 3.97. The number of nitrogens with zero attached hydrogens (tertiary/aromatic N) is 3. The molecule has 7 heteroatoms. The van der Waals surface area contributed by atoms with E-state index in [2.05, 4.69) is 15.1 Å². The van der Waals surface area contributed by atoms with Gasteiger partial charge in [0.05, 0.1) is 6.10 Å². The molecule has 1 N–H and O–H groups in total. The van der Waals surface area contributed by atoms with E-state index in [-0.39, 0.29) is 18.0 Å². The fraction of sp³-hybridized carbons (Fsp3) is 0.632. The Kier molecular flexibility index (Phi) is 5.26. The Morgan fingerprint density at radius 3 is 2.54 bits per heavy atom. The Bertz CT molecular complexity index is 606. The highest BCUT2D eigenvalue weighted by Gasteiger charge is 2.36. The highest BCUT2D eigenvalue weighted by Crippen LogP contribution is 2.21. The normalized spacial score (nSPS) is 24.6. The van der Waals surface area contributed by atoms with E-state index in [1.807, 2.05) is 17.0 Å². The molecule has 0 spiro atoms. The van der Waals surface area contributed by atoms with E-state index in [1.54, 1.807) is 0 Å². The monoisotopic (exact) mass is 362 g/mol. The Morgan fingerprint density at radius 2 is 1.88 bits per heavy atom. The lowest BCUT2D eigenvalue weighted by atomic mass is 10.1. The summed E-state index contributed by atoms with van der Waals surface area (Å²) < 4.78 is 18.6. The van der Waals surface area contributed by atoms with Gasteiger partial charge in [0, 0.05) is 64.1 Å². The van der Waals surface area contributed by atoms with Crippen LogP contribution < -0.4 is 10.2 Å². The second-order valence-corrected chi connectivity index (χ2v) is 7.38. The number of amides is 2. The molecule has 0 aromatic heterocycles. The first-order chi connectivity index (χ1) is 12.7. The van der Waals surface area contributed by atoms with Gasteiger partial charge >= 0.3 is 6.03 Å². The lowest BCUT2D eigenvalue weighted by Crippen LogP contribution is -2.65. The minimum atomic E-state index is -0.195. The molecule has 0 radical (unpaired) electrons. The molecule has 142 valence electrons. The van der Waals surface area contributed by atoms with Gasteiger partial charge in [-0.1, -0.05) is 0 Å². The summed E-state index contributed by atoms with van der Waals surface area (Å²) in [5.41, 5.74) is 1.08. The fourth-order valence-electron chi connectivity index (χ4n) is 3.97. The highest BCUT2D eigenvalue weighted by atomic mass is 19.1. The number of carbonyl (C=O) groups is 1. The number of urea groups is 1. The van der Waals surface area contributed by atoms with Crippen molar-refractivity contribution in [1.82, 2.24) is 15.1 Å². The van der Waals surface area contributed by atoms with Crippen molar-refractivity contribution in [1.29, 1.82) is 0 Å². The van der Waals surface area contributed by atoms with Crippen molar-refractivity contribution >= 4 is 11.7 Å². The van der Waals surface area contributed by atoms with Crippen molar-refractivity contribution in [3.63, 3.8) is 0 Å². The lowest BCUT2D eigenvalue weighted by molar-refractivity contribution is 0.0505. The molecule has 2 amide bonds. The van der Waals surface area contributed by atoms with Crippen LogP contribution in [0.4, 0.5) is 14.9 Å². The van der Waals surface area contributed by atoms with E-state index < -0.39 is 0 Å². The van der Waals surface area contributed by atoms with Crippen LogP contribution in [0.3, 0.4) is 0 Å². The average molecular weight is 362 g/mol. The molecule has 1 aromatic rings. The van der Waals surface area contributed by atoms with Crippen LogP contribution in [-0.4, -0.2) is 80.4 Å². The van der Waals surface area contributed by atoms with Crippen LogP contribution >= 0.6 is 0 Å². The summed E-state index contributed by atoms with van der Waals surface area (Å²) >= 11 is 0. The van der Waals surface area contributed by atoms with Crippen molar-refractivity contribution in [2.24, 2.45) is 0 Å². The van der Waals surface area contributed by atoms with E-state index in [9.17, 15) is 9.18 Å². The van der Waals surface area contributed by atoms with E-state index >= 15 is 0 Å². The first-order valence-corrected chi connectivity index (χ1v) is 9.58. The Morgan fingerprint density at radius 1 is 1.15 bits per heavy atom. The molecular formula is C19H27FN4O2. The topological polar surface area (TPSA) is 48.1 Å². The third kappa shape index (κ3) is 3.94. The van der Waals surface area contributed by atoms with Crippen LogP contribution in [0, 0.1) is 5.82 Å². The average Bonchev–Trinajstić information content (AvgIpc) is 3.14. The van der Waals surface area contributed by atoms with Crippen LogP contribution in [0.15, 0.2) is 24.3 Å². The highest BCUT2D eigenvalue weighted by molar-refractivity contribution is 5.75. The zero-order valence-corrected chi connectivity index (χ0v) is 15.1. The van der Waals surface area contributed by atoms with Gasteiger partial charge < -0.3 is 19.9 Å². The number of halogens is 1. The summed E-state index contributed by atoms with van der Waals surface area (Å²) in [6.07, 6.45) is 2.33. The molecule has 0 bridgehead atoms. The number of rotatable bonds is 4. The minimum absolute atomic E-state index is 0.0294. The maximum Gasteiger partial charge on any atom is 0.317 e. The minimum Gasteiger partial charge on any atom is -0.376 e. The van der Waals surface area contributed by atoms with Crippen LogP contribution in [-0.2, 0) is 4.74 Å². The van der Waals surface area contributed by atoms with Crippen LogP contribution in [0.5, 0.6) is 0 Å². The molecule has 3 aliphatic rings. The molecule has 4 rings (SSSR count). The Balaban J connectivity index is 1.17. The molecule has 3 saturated heterocycles. The zero-order chi connectivity index (χ0) is 17.9. The number of likely N-dealkylation sites (tertiary alicyclic amines) is 1. The smallest absolute Gasteiger partial charge is 0.317 e. The maximum absolute atomic E-state index is 13.0. The predicted molar refractivity (Wildman–Crippen MR) is 97.9 cm³/mol. The summed E-state index contributed by atoms with van der Waals surface area (Å²) in [5.74, 6) is -0.195. The maximum atomic E-state index is 13.0. The Hall–Kier alpha value is -1.86. The molecule has 3 aliphatic heterocycles. The zero-order valence-electron chi connectivity index (χ0n) is 15.1. The number of hydrogen-bond acceptors (Lipinski definition) is 4. The summed E-state index contributed by atoms with van der Waals surface area (Å²) in [5, 5.41) is 2.99. The van der Waals surface area contributed by atoms with Gasteiger partial charge in [0.2, 0.25) is 0 Å². The van der Waals surface area contributed by atoms with E-state index in [4.69, 9.17) is 4.74 Å². The first-order valence-electron chi connectivity index (χ1n) is 9.58. The van der Waals surface area contributed by atoms with Gasteiger partial charge in [-0.2, -0.15) is 0 Å². The van der Waals surface area contributed by atoms with Crippen molar-refractivity contribution in [3.8, 4) is 0 Å². The number of anilines is 1. The summed E-state index contributed by atoms with van der Waals surface area (Å²) in [6, 6.07) is 7.20. The van der Waals surface area contributed by atoms with Crippen molar-refractivity contribution in [3.05, 3.63) is 30.1 Å². The van der Waals surface area contributed by atoms with E-state index in [1.165, 1.54) is 12.1 Å². The van der Waals surface area contributed by atoms with Crippen molar-refractivity contribution in [2.45, 2.75) is 25.0 Å². The number of nitrogens with one attached hydrogen (secondary N) is 1. The largest absolute Gasteiger partial charge is 0.376 e. The van der Waals surface area contributed by atoms with Crippen LogP contribution in [0.1, 0.15) is 12.8 Å². The predicted octanol–water partition coefficient (Wildman–Crippen LogP) is 1.52. The second-order valence-electron chi connectivity index (χ2n) is 7.38.